The van der Waals surface area contributed by atoms with Gasteiger partial charge in [0.05, 0.1) is 0 Å². The minimum atomic E-state index is -1.09. The molecule has 1 aromatic rings. The fourth-order valence-electron chi connectivity index (χ4n) is 0.822. The van der Waals surface area contributed by atoms with Crippen LogP contribution in [0.15, 0.2) is 12.1 Å². The van der Waals surface area contributed by atoms with E-state index in [0.717, 1.165) is 12.1 Å². The van der Waals surface area contributed by atoms with E-state index in [4.69, 9.17) is 11.0 Å². The highest BCUT2D eigenvalue weighted by atomic mass is 19.1. The van der Waals surface area contributed by atoms with E-state index >= 15 is 0 Å². The van der Waals surface area contributed by atoms with Gasteiger partial charge >= 0.3 is 0 Å². The lowest BCUT2D eigenvalue weighted by molar-refractivity contribution is 0.0999. The first kappa shape index (κ1) is 9.13. The number of rotatable bonds is 1. The predicted octanol–water partition coefficient (Wildman–Crippen LogP) is 0.935. The lowest BCUT2D eigenvalue weighted by Gasteiger charge is -1.98. The summed E-state index contributed by atoms with van der Waals surface area (Å²) in [6, 6.07) is 2.78. The van der Waals surface area contributed by atoms with Crippen LogP contribution in [0.4, 0.5) is 8.78 Å². The normalized spacial score (nSPS) is 9.31. The molecule has 13 heavy (non-hydrogen) atoms. The van der Waals surface area contributed by atoms with Crippen LogP contribution in [0, 0.1) is 23.0 Å². The van der Waals surface area contributed by atoms with Crippen molar-refractivity contribution in [1.29, 1.82) is 5.26 Å². The van der Waals surface area contributed by atoms with Crippen molar-refractivity contribution in [3.05, 3.63) is 34.9 Å². The van der Waals surface area contributed by atoms with Crippen molar-refractivity contribution >= 4 is 5.91 Å². The van der Waals surface area contributed by atoms with Crippen LogP contribution in [0.1, 0.15) is 15.9 Å². The standard InChI is InChI=1S/C8H4F2N2O/c9-6-1-4(8(12)13)2-7(10)5(6)3-11/h1-2H,(H2,12,13). The van der Waals surface area contributed by atoms with Gasteiger partial charge in [-0.1, -0.05) is 0 Å². The first-order valence-corrected chi connectivity index (χ1v) is 3.25. The Hall–Kier alpha value is -1.96. The summed E-state index contributed by atoms with van der Waals surface area (Å²) in [4.78, 5) is 10.5. The lowest BCUT2D eigenvalue weighted by Crippen LogP contribution is -2.12. The number of nitrogens with zero attached hydrogens (tertiary/aromatic N) is 1. The monoisotopic (exact) mass is 182 g/mol. The van der Waals surface area contributed by atoms with Crippen LogP contribution < -0.4 is 5.73 Å². The molecule has 3 nitrogen and oxygen atoms in total. The first-order valence-electron chi connectivity index (χ1n) is 3.25. The zero-order valence-electron chi connectivity index (χ0n) is 6.34. The van der Waals surface area contributed by atoms with Gasteiger partial charge in [-0.25, -0.2) is 8.78 Å². The third-order valence-corrected chi connectivity index (χ3v) is 1.44. The van der Waals surface area contributed by atoms with Gasteiger partial charge in [0.2, 0.25) is 5.91 Å². The third-order valence-electron chi connectivity index (χ3n) is 1.44. The maximum atomic E-state index is 12.8. The van der Waals surface area contributed by atoms with Gasteiger partial charge in [0.1, 0.15) is 23.3 Å². The van der Waals surface area contributed by atoms with E-state index in [1.807, 2.05) is 0 Å². The highest BCUT2D eigenvalue weighted by Crippen LogP contribution is 2.13. The zero-order chi connectivity index (χ0) is 10.0. The molecule has 0 bridgehead atoms. The number of nitrogens with two attached hydrogens (primary N) is 1. The van der Waals surface area contributed by atoms with Crippen molar-refractivity contribution in [2.75, 3.05) is 0 Å². The Bertz CT molecular complexity index is 386. The molecule has 1 amide bonds. The van der Waals surface area contributed by atoms with Crippen LogP contribution in [0.25, 0.3) is 0 Å². The number of primary amides is 1. The Labute approximate surface area is 72.4 Å². The summed E-state index contributed by atoms with van der Waals surface area (Å²) in [5.74, 6) is -3.12. The average molecular weight is 182 g/mol. The van der Waals surface area contributed by atoms with Gasteiger partial charge in [0.15, 0.2) is 0 Å². The fourth-order valence-corrected chi connectivity index (χ4v) is 0.822. The number of benzene rings is 1. The summed E-state index contributed by atoms with van der Waals surface area (Å²) in [5, 5.41) is 8.28. The molecule has 0 aliphatic heterocycles. The van der Waals surface area contributed by atoms with Crippen LogP contribution in [0.3, 0.4) is 0 Å². The molecule has 0 aliphatic rings. The maximum absolute atomic E-state index is 12.8. The van der Waals surface area contributed by atoms with Crippen molar-refractivity contribution in [3.8, 4) is 6.07 Å². The number of halogens is 2. The number of hydrogen-bond donors (Lipinski definition) is 1. The SMILES string of the molecule is N#Cc1c(F)cc(C(N)=O)cc1F. The largest absolute Gasteiger partial charge is 0.366 e. The van der Waals surface area contributed by atoms with E-state index < -0.39 is 23.1 Å². The summed E-state index contributed by atoms with van der Waals surface area (Å²) in [5.41, 5.74) is 3.77. The second-order valence-corrected chi connectivity index (χ2v) is 2.29. The van der Waals surface area contributed by atoms with Crippen LogP contribution in [-0.4, -0.2) is 5.91 Å². The molecule has 0 saturated heterocycles. The van der Waals surface area contributed by atoms with Crippen molar-refractivity contribution in [1.82, 2.24) is 0 Å². The predicted molar refractivity (Wildman–Crippen MR) is 39.6 cm³/mol. The molecule has 66 valence electrons. The Morgan fingerprint density at radius 1 is 1.38 bits per heavy atom. The Morgan fingerprint density at radius 3 is 2.15 bits per heavy atom. The zero-order valence-corrected chi connectivity index (χ0v) is 6.34. The van der Waals surface area contributed by atoms with Gasteiger partial charge in [0, 0.05) is 5.56 Å². The van der Waals surface area contributed by atoms with Gasteiger partial charge < -0.3 is 5.73 Å². The lowest BCUT2D eigenvalue weighted by atomic mass is 10.1. The highest BCUT2D eigenvalue weighted by molar-refractivity contribution is 5.92. The quantitative estimate of drug-likeness (QED) is 0.702. The molecule has 0 radical (unpaired) electrons. The molecular weight excluding hydrogens is 178 g/mol. The molecule has 0 unspecified atom stereocenters. The Morgan fingerprint density at radius 2 is 1.85 bits per heavy atom. The molecule has 5 heteroatoms. The Balaban J connectivity index is 3.39. The van der Waals surface area contributed by atoms with Gasteiger partial charge in [0.25, 0.3) is 0 Å². The first-order chi connectivity index (χ1) is 6.06. The molecule has 1 aromatic carbocycles. The molecule has 0 aromatic heterocycles. The van der Waals surface area contributed by atoms with E-state index in [0.29, 0.717) is 0 Å². The molecule has 2 N–H and O–H groups in total. The van der Waals surface area contributed by atoms with E-state index in [-0.39, 0.29) is 5.56 Å². The van der Waals surface area contributed by atoms with Crippen molar-refractivity contribution in [2.24, 2.45) is 5.73 Å². The van der Waals surface area contributed by atoms with E-state index in [9.17, 15) is 13.6 Å². The van der Waals surface area contributed by atoms with Crippen molar-refractivity contribution < 1.29 is 13.6 Å². The summed E-state index contributed by atoms with van der Waals surface area (Å²) in [6.45, 7) is 0. The van der Waals surface area contributed by atoms with Gasteiger partial charge in [-0.15, -0.1) is 0 Å². The number of carbonyl (C=O) groups is 1. The number of nitriles is 1. The Kier molecular flexibility index (Phi) is 2.24. The molecule has 0 atom stereocenters. The van der Waals surface area contributed by atoms with E-state index in [1.54, 1.807) is 0 Å². The minimum Gasteiger partial charge on any atom is -0.366 e. The van der Waals surface area contributed by atoms with Gasteiger partial charge in [-0.2, -0.15) is 5.26 Å². The molecular formula is C8H4F2N2O. The summed E-state index contributed by atoms with van der Waals surface area (Å²) in [7, 11) is 0. The highest BCUT2D eigenvalue weighted by Gasteiger charge is 2.12. The third kappa shape index (κ3) is 1.62. The summed E-state index contributed by atoms with van der Waals surface area (Å²) >= 11 is 0. The average Bonchev–Trinajstić information content (AvgIpc) is 2.03. The van der Waals surface area contributed by atoms with Crippen LogP contribution >= 0.6 is 0 Å². The molecule has 0 spiro atoms. The topological polar surface area (TPSA) is 66.9 Å². The van der Waals surface area contributed by atoms with Crippen molar-refractivity contribution in [3.63, 3.8) is 0 Å². The molecule has 0 aliphatic carbocycles. The van der Waals surface area contributed by atoms with Gasteiger partial charge in [-0.05, 0) is 12.1 Å². The van der Waals surface area contributed by atoms with Crippen LogP contribution in [-0.2, 0) is 0 Å². The molecule has 0 saturated carbocycles. The molecule has 0 fully saturated rings. The number of hydrogen-bond acceptors (Lipinski definition) is 2. The number of amides is 1. The summed E-state index contributed by atoms with van der Waals surface area (Å²) in [6.07, 6.45) is 0. The fraction of sp³-hybridized carbons (Fsp3) is 0. The molecule has 0 heterocycles. The second kappa shape index (κ2) is 3.19. The van der Waals surface area contributed by atoms with Gasteiger partial charge in [-0.3, -0.25) is 4.79 Å². The van der Waals surface area contributed by atoms with Crippen LogP contribution in [0.5, 0.6) is 0 Å². The smallest absolute Gasteiger partial charge is 0.248 e. The minimum absolute atomic E-state index is 0.297. The molecule has 1 rings (SSSR count). The van der Waals surface area contributed by atoms with E-state index in [2.05, 4.69) is 0 Å². The van der Waals surface area contributed by atoms with Crippen LogP contribution in [0.2, 0.25) is 0 Å². The maximum Gasteiger partial charge on any atom is 0.248 e. The summed E-state index contributed by atoms with van der Waals surface area (Å²) < 4.78 is 25.6. The second-order valence-electron chi connectivity index (χ2n) is 2.29. The van der Waals surface area contributed by atoms with Crippen molar-refractivity contribution in [2.45, 2.75) is 0 Å². The number of carbonyl (C=O) groups excluding carboxylic acids is 1. The van der Waals surface area contributed by atoms with E-state index in [1.165, 1.54) is 6.07 Å².